The second-order valence-electron chi connectivity index (χ2n) is 12.4. The standard InChI is InChI=1S/C32H35N3O3/c33-14-5-1-2-6-15-35-24-8-4-3-7-22(24)23-18-32(37)26-17-21-11-12-25(36)29-27(21)31(32,30(38-29)28(23)35)13-16-34(26)19-20-9-10-20/h3-4,7-8,11-12,20,26,30,36-37H,1-2,5-6,9-10,13,15-19H2/t26-,30-,31-,32+/m0/s1. The van der Waals surface area contributed by atoms with Gasteiger partial charge in [-0.1, -0.05) is 30.7 Å². The molecule has 6 nitrogen and oxygen atoms in total. The number of ether oxygens (including phenoxy) is 1. The Hall–Kier alpha value is -3.01. The van der Waals surface area contributed by atoms with Crippen molar-refractivity contribution in [1.82, 2.24) is 9.47 Å². The maximum absolute atomic E-state index is 13.1. The van der Waals surface area contributed by atoms with Crippen LogP contribution in [0.3, 0.4) is 0 Å². The highest BCUT2D eigenvalue weighted by atomic mass is 16.5. The SMILES string of the molecule is N#CCCCCCn1c2c(c3ccccc31)C[C@@]1(O)[C@@H]3Cc4ccc(O)c5c4[C@@]1(CCN3CC1CC1)[C@H]2O5. The molecule has 2 aromatic carbocycles. The second-order valence-corrected chi connectivity index (χ2v) is 12.4. The Labute approximate surface area is 223 Å². The van der Waals surface area contributed by atoms with Crippen molar-refractivity contribution in [1.29, 1.82) is 5.26 Å². The third-order valence-corrected chi connectivity index (χ3v) is 10.5. The number of phenols is 1. The summed E-state index contributed by atoms with van der Waals surface area (Å²) in [7, 11) is 0. The summed E-state index contributed by atoms with van der Waals surface area (Å²) in [4.78, 5) is 2.59. The molecule has 2 bridgehead atoms. The summed E-state index contributed by atoms with van der Waals surface area (Å²) in [6.07, 6.45) is 8.07. The highest BCUT2D eigenvalue weighted by molar-refractivity contribution is 5.87. The van der Waals surface area contributed by atoms with Gasteiger partial charge in [-0.05, 0) is 74.2 Å². The van der Waals surface area contributed by atoms with Crippen LogP contribution in [0.4, 0.5) is 0 Å². The zero-order valence-electron chi connectivity index (χ0n) is 21.8. The van der Waals surface area contributed by atoms with Gasteiger partial charge in [0.05, 0.1) is 22.8 Å². The summed E-state index contributed by atoms with van der Waals surface area (Å²) < 4.78 is 9.30. The van der Waals surface area contributed by atoms with Crippen molar-refractivity contribution in [2.75, 3.05) is 13.1 Å². The van der Waals surface area contributed by atoms with Crippen LogP contribution in [0.25, 0.3) is 10.9 Å². The van der Waals surface area contributed by atoms with Crippen LogP contribution in [0.2, 0.25) is 0 Å². The van der Waals surface area contributed by atoms with E-state index in [2.05, 4.69) is 45.9 Å². The molecule has 1 saturated heterocycles. The number of fused-ring (bicyclic) bond motifs is 4. The smallest absolute Gasteiger partial charge is 0.166 e. The fourth-order valence-electron chi connectivity index (χ4n) is 8.69. The minimum absolute atomic E-state index is 0.0483. The molecule has 3 aliphatic carbocycles. The number of nitriles is 1. The second kappa shape index (κ2) is 8.00. The van der Waals surface area contributed by atoms with E-state index < -0.39 is 11.0 Å². The van der Waals surface area contributed by atoms with E-state index in [4.69, 9.17) is 10.00 Å². The van der Waals surface area contributed by atoms with E-state index in [0.29, 0.717) is 18.6 Å². The molecule has 2 N–H and O–H groups in total. The van der Waals surface area contributed by atoms with Gasteiger partial charge in [0.1, 0.15) is 0 Å². The number of phenolic OH excluding ortho intramolecular Hbond substituents is 1. The molecule has 2 fully saturated rings. The van der Waals surface area contributed by atoms with E-state index >= 15 is 0 Å². The van der Waals surface area contributed by atoms with Crippen molar-refractivity contribution in [3.05, 3.63) is 58.8 Å². The number of aryl methyl sites for hydroxylation is 1. The van der Waals surface area contributed by atoms with E-state index in [0.717, 1.165) is 63.2 Å². The van der Waals surface area contributed by atoms with Crippen LogP contribution in [0.1, 0.15) is 73.4 Å². The van der Waals surface area contributed by atoms with Gasteiger partial charge in [0, 0.05) is 48.4 Å². The van der Waals surface area contributed by atoms with Gasteiger partial charge >= 0.3 is 0 Å². The average Bonchev–Trinajstić information content (AvgIpc) is 3.59. The van der Waals surface area contributed by atoms with Crippen molar-refractivity contribution >= 4 is 10.9 Å². The summed E-state index contributed by atoms with van der Waals surface area (Å²) in [5.74, 6) is 1.55. The lowest BCUT2D eigenvalue weighted by molar-refractivity contribution is -0.173. The van der Waals surface area contributed by atoms with Crippen LogP contribution in [0, 0.1) is 17.2 Å². The Morgan fingerprint density at radius 1 is 1.11 bits per heavy atom. The maximum atomic E-state index is 13.1. The Morgan fingerprint density at radius 3 is 2.82 bits per heavy atom. The van der Waals surface area contributed by atoms with Gasteiger partial charge in [-0.15, -0.1) is 0 Å². The predicted octanol–water partition coefficient (Wildman–Crippen LogP) is 5.13. The maximum Gasteiger partial charge on any atom is 0.166 e. The first-order chi connectivity index (χ1) is 18.6. The van der Waals surface area contributed by atoms with Gasteiger partial charge in [0.25, 0.3) is 0 Å². The number of benzene rings is 2. The first-order valence-corrected chi connectivity index (χ1v) is 14.5. The monoisotopic (exact) mass is 509 g/mol. The molecule has 4 atom stereocenters. The van der Waals surface area contributed by atoms with Crippen LogP contribution in [0.15, 0.2) is 36.4 Å². The van der Waals surface area contributed by atoms with Gasteiger partial charge in [-0.3, -0.25) is 4.90 Å². The predicted molar refractivity (Wildman–Crippen MR) is 144 cm³/mol. The van der Waals surface area contributed by atoms with Gasteiger partial charge < -0.3 is 19.5 Å². The van der Waals surface area contributed by atoms with Gasteiger partial charge in [0.15, 0.2) is 17.6 Å². The number of likely N-dealkylation sites (tertiary alicyclic amines) is 1. The van der Waals surface area contributed by atoms with Crippen LogP contribution in [-0.2, 0) is 24.8 Å². The molecule has 5 aliphatic rings. The number of aromatic hydroxyl groups is 1. The molecule has 6 heteroatoms. The molecule has 0 unspecified atom stereocenters. The van der Waals surface area contributed by atoms with E-state index in [9.17, 15) is 10.2 Å². The van der Waals surface area contributed by atoms with E-state index in [1.165, 1.54) is 40.6 Å². The number of hydrogen-bond donors (Lipinski definition) is 2. The fraction of sp³-hybridized carbons (Fsp3) is 0.531. The average molecular weight is 510 g/mol. The lowest BCUT2D eigenvalue weighted by atomic mass is 9.49. The third-order valence-electron chi connectivity index (χ3n) is 10.5. The van der Waals surface area contributed by atoms with E-state index in [1.807, 2.05) is 0 Å². The summed E-state index contributed by atoms with van der Waals surface area (Å²) >= 11 is 0. The molecule has 1 saturated carbocycles. The molecular weight excluding hydrogens is 474 g/mol. The Balaban J connectivity index is 1.32. The summed E-state index contributed by atoms with van der Waals surface area (Å²) in [5.41, 5.74) is 4.40. The van der Waals surface area contributed by atoms with Crippen LogP contribution in [0.5, 0.6) is 11.5 Å². The zero-order valence-corrected chi connectivity index (χ0v) is 21.8. The van der Waals surface area contributed by atoms with Crippen molar-refractivity contribution in [3.8, 4) is 17.6 Å². The van der Waals surface area contributed by atoms with Crippen LogP contribution in [-0.4, -0.2) is 44.4 Å². The molecule has 196 valence electrons. The normalized spacial score (nSPS) is 30.5. The minimum atomic E-state index is -0.953. The number of unbranched alkanes of at least 4 members (excludes halogenated alkanes) is 3. The fourth-order valence-corrected chi connectivity index (χ4v) is 8.69. The minimum Gasteiger partial charge on any atom is -0.504 e. The van der Waals surface area contributed by atoms with Gasteiger partial charge in [-0.2, -0.15) is 5.26 Å². The lowest BCUT2D eigenvalue weighted by Crippen LogP contribution is -2.74. The highest BCUT2D eigenvalue weighted by Gasteiger charge is 2.73. The first kappa shape index (κ1) is 22.9. The number of piperidine rings is 1. The third kappa shape index (κ3) is 2.84. The highest BCUT2D eigenvalue weighted by Crippen LogP contribution is 2.69. The molecule has 8 rings (SSSR count). The lowest BCUT2D eigenvalue weighted by Gasteiger charge is -2.63. The largest absolute Gasteiger partial charge is 0.504 e. The first-order valence-electron chi connectivity index (χ1n) is 14.5. The quantitative estimate of drug-likeness (QED) is 0.432. The zero-order chi connectivity index (χ0) is 25.6. The van der Waals surface area contributed by atoms with Crippen LogP contribution >= 0.6 is 0 Å². The topological polar surface area (TPSA) is 81.7 Å². The number of aromatic nitrogens is 1. The number of hydrogen-bond acceptors (Lipinski definition) is 5. The summed E-state index contributed by atoms with van der Waals surface area (Å²) in [6, 6.07) is 14.8. The van der Waals surface area contributed by atoms with E-state index in [1.54, 1.807) is 6.07 Å². The molecule has 2 aliphatic heterocycles. The van der Waals surface area contributed by atoms with E-state index in [-0.39, 0.29) is 17.9 Å². The Kier molecular flexibility index (Phi) is 4.83. The van der Waals surface area contributed by atoms with Crippen LogP contribution < -0.4 is 4.74 Å². The number of rotatable bonds is 7. The molecule has 3 aromatic rings. The molecule has 0 amide bonds. The van der Waals surface area contributed by atoms with Crippen molar-refractivity contribution < 1.29 is 14.9 Å². The molecule has 38 heavy (non-hydrogen) atoms. The summed E-state index contributed by atoms with van der Waals surface area (Å²) in [5, 5.41) is 34.2. The molecular formula is C32H35N3O3. The van der Waals surface area contributed by atoms with Crippen molar-refractivity contribution in [2.45, 2.75) is 87.5 Å². The molecule has 1 aromatic heterocycles. The van der Waals surface area contributed by atoms with Crippen molar-refractivity contribution in [2.24, 2.45) is 5.92 Å². The van der Waals surface area contributed by atoms with Gasteiger partial charge in [-0.25, -0.2) is 0 Å². The number of para-hydroxylation sites is 1. The summed E-state index contributed by atoms with van der Waals surface area (Å²) in [6.45, 7) is 2.90. The molecule has 3 heterocycles. The van der Waals surface area contributed by atoms with Gasteiger partial charge in [0.2, 0.25) is 0 Å². The molecule has 0 radical (unpaired) electrons. The molecule has 1 spiro atoms. The number of nitrogens with zero attached hydrogens (tertiary/aromatic N) is 3. The Bertz CT molecular complexity index is 1500. The Morgan fingerprint density at radius 2 is 1.97 bits per heavy atom. The number of aliphatic hydroxyl groups is 1. The van der Waals surface area contributed by atoms with Crippen molar-refractivity contribution in [3.63, 3.8) is 0 Å².